The second-order valence-electron chi connectivity index (χ2n) is 11.3. The predicted molar refractivity (Wildman–Crippen MR) is 131 cm³/mol. The molecule has 8 nitrogen and oxygen atoms in total. The van der Waals surface area contributed by atoms with Crippen molar-refractivity contribution in [2.75, 3.05) is 19.7 Å². The van der Waals surface area contributed by atoms with Crippen LogP contribution in [0.25, 0.3) is 0 Å². The Bertz CT molecular complexity index is 898. The van der Waals surface area contributed by atoms with Crippen LogP contribution in [-0.4, -0.2) is 71.2 Å². The highest BCUT2D eigenvalue weighted by Gasteiger charge is 2.53. The van der Waals surface area contributed by atoms with Crippen molar-refractivity contribution in [2.45, 2.75) is 95.9 Å². The van der Waals surface area contributed by atoms with E-state index in [9.17, 15) is 14.7 Å². The number of carbonyl (C=O) groups is 2. The van der Waals surface area contributed by atoms with Crippen LogP contribution in [0.5, 0.6) is 0 Å². The summed E-state index contributed by atoms with van der Waals surface area (Å²) in [5, 5.41) is 12.9. The fourth-order valence-electron chi connectivity index (χ4n) is 5.73. The Balaban J connectivity index is 1.24. The summed E-state index contributed by atoms with van der Waals surface area (Å²) in [5.74, 6) is -0.0923. The molecule has 3 fully saturated rings. The molecule has 3 saturated heterocycles. The Morgan fingerprint density at radius 2 is 1.86 bits per heavy atom. The van der Waals surface area contributed by atoms with Crippen LogP contribution in [0.1, 0.15) is 65.4 Å². The molecule has 1 spiro atoms. The zero-order chi connectivity index (χ0) is 25.3. The lowest BCUT2D eigenvalue weighted by Crippen LogP contribution is -2.56. The number of alkyl carbamates (subject to hydrolysis) is 1. The first-order chi connectivity index (χ1) is 16.5. The second-order valence-corrected chi connectivity index (χ2v) is 11.3. The normalized spacial score (nSPS) is 30.6. The molecule has 4 atom stereocenters. The molecule has 2 N–H and O–H groups in total. The van der Waals surface area contributed by atoms with Gasteiger partial charge >= 0.3 is 6.09 Å². The summed E-state index contributed by atoms with van der Waals surface area (Å²) < 4.78 is 17.9. The van der Waals surface area contributed by atoms with Gasteiger partial charge in [0.25, 0.3) is 0 Å². The third-order valence-electron chi connectivity index (χ3n) is 8.16. The second kappa shape index (κ2) is 10.1. The van der Waals surface area contributed by atoms with Crippen molar-refractivity contribution in [3.8, 4) is 0 Å². The maximum absolute atomic E-state index is 13.0. The minimum absolute atomic E-state index is 0.0171. The van der Waals surface area contributed by atoms with E-state index in [1.165, 1.54) is 0 Å². The van der Waals surface area contributed by atoms with Gasteiger partial charge in [-0.3, -0.25) is 4.79 Å². The van der Waals surface area contributed by atoms with E-state index < -0.39 is 29.4 Å². The molecule has 1 aromatic rings. The SMILES string of the molecule is C[C@H](NC(=O)OCc1ccccc1)C(=O)N1CCC2(CC1)CO[C@@H]([C@@]1(C)CC[C@H](O)C(C)(C)O1)C2. The summed E-state index contributed by atoms with van der Waals surface area (Å²) in [6, 6.07) is 8.79. The van der Waals surface area contributed by atoms with Crippen LogP contribution in [0.2, 0.25) is 0 Å². The summed E-state index contributed by atoms with van der Waals surface area (Å²) >= 11 is 0. The number of hydrogen-bond acceptors (Lipinski definition) is 6. The summed E-state index contributed by atoms with van der Waals surface area (Å²) in [6.45, 7) is 9.80. The molecule has 2 amide bonds. The van der Waals surface area contributed by atoms with Gasteiger partial charge in [-0.05, 0) is 70.8 Å². The third kappa shape index (κ3) is 5.81. The molecule has 0 saturated carbocycles. The first-order valence-corrected chi connectivity index (χ1v) is 12.8. The highest BCUT2D eigenvalue weighted by Crippen LogP contribution is 2.49. The van der Waals surface area contributed by atoms with Gasteiger partial charge in [0.2, 0.25) is 5.91 Å². The zero-order valence-corrected chi connectivity index (χ0v) is 21.4. The number of aliphatic hydroxyl groups excluding tert-OH is 1. The smallest absolute Gasteiger partial charge is 0.408 e. The zero-order valence-electron chi connectivity index (χ0n) is 21.4. The molecular formula is C27H40N2O6. The molecule has 0 unspecified atom stereocenters. The molecule has 0 radical (unpaired) electrons. The van der Waals surface area contributed by atoms with E-state index in [1.54, 1.807) is 6.92 Å². The summed E-state index contributed by atoms with van der Waals surface area (Å²) in [7, 11) is 0. The summed E-state index contributed by atoms with van der Waals surface area (Å²) in [6.07, 6.45) is 3.03. The Morgan fingerprint density at radius 3 is 2.51 bits per heavy atom. The van der Waals surface area contributed by atoms with E-state index in [0.29, 0.717) is 26.1 Å². The van der Waals surface area contributed by atoms with Gasteiger partial charge in [-0.1, -0.05) is 30.3 Å². The summed E-state index contributed by atoms with van der Waals surface area (Å²) in [5.41, 5.74) is -0.0723. The van der Waals surface area contributed by atoms with Crippen LogP contribution in [0.3, 0.4) is 0 Å². The third-order valence-corrected chi connectivity index (χ3v) is 8.16. The van der Waals surface area contributed by atoms with Crippen molar-refractivity contribution >= 4 is 12.0 Å². The van der Waals surface area contributed by atoms with Gasteiger partial charge in [0.1, 0.15) is 12.6 Å². The molecule has 0 bridgehead atoms. The number of carbonyl (C=O) groups excluding carboxylic acids is 2. The number of benzene rings is 1. The summed E-state index contributed by atoms with van der Waals surface area (Å²) in [4.78, 5) is 26.9. The maximum atomic E-state index is 13.0. The number of nitrogens with one attached hydrogen (secondary N) is 1. The molecule has 35 heavy (non-hydrogen) atoms. The van der Waals surface area contributed by atoms with Crippen LogP contribution in [0.4, 0.5) is 4.79 Å². The van der Waals surface area contributed by atoms with Crippen molar-refractivity contribution in [2.24, 2.45) is 5.41 Å². The molecule has 1 aromatic carbocycles. The standard InChI is InChI=1S/C27H40N2O6/c1-19(28-24(32)33-17-20-8-6-5-7-9-20)23(31)29-14-12-27(13-15-29)16-22(34-18-27)26(4)11-10-21(30)25(2,3)35-26/h5-9,19,21-22,30H,10-18H2,1-4H3,(H,28,32)/t19-,21-,22+,26+/m0/s1. The molecule has 4 rings (SSSR count). The topological polar surface area (TPSA) is 97.3 Å². The molecule has 0 aromatic heterocycles. The van der Waals surface area contributed by atoms with Crippen LogP contribution in [0.15, 0.2) is 30.3 Å². The highest BCUT2D eigenvalue weighted by molar-refractivity contribution is 5.85. The number of amides is 2. The number of ether oxygens (including phenoxy) is 3. The number of hydrogen-bond donors (Lipinski definition) is 2. The lowest BCUT2D eigenvalue weighted by molar-refractivity contribution is -0.245. The number of nitrogens with zero attached hydrogens (tertiary/aromatic N) is 1. The molecule has 3 aliphatic heterocycles. The number of likely N-dealkylation sites (tertiary alicyclic amines) is 1. The van der Waals surface area contributed by atoms with Gasteiger partial charge in [-0.2, -0.15) is 0 Å². The fourth-order valence-corrected chi connectivity index (χ4v) is 5.73. The number of piperidine rings is 1. The molecule has 0 aliphatic carbocycles. The average Bonchev–Trinajstić information content (AvgIpc) is 3.25. The van der Waals surface area contributed by atoms with Gasteiger partial charge in [0, 0.05) is 13.1 Å². The van der Waals surface area contributed by atoms with E-state index in [4.69, 9.17) is 14.2 Å². The van der Waals surface area contributed by atoms with Gasteiger partial charge in [-0.25, -0.2) is 4.79 Å². The minimum Gasteiger partial charge on any atom is -0.445 e. The molecule has 194 valence electrons. The van der Waals surface area contributed by atoms with E-state index >= 15 is 0 Å². The van der Waals surface area contributed by atoms with Gasteiger partial charge in [0.15, 0.2) is 0 Å². The monoisotopic (exact) mass is 488 g/mol. The van der Waals surface area contributed by atoms with Crippen LogP contribution >= 0.6 is 0 Å². The van der Waals surface area contributed by atoms with Crippen molar-refractivity contribution < 1.29 is 28.9 Å². The van der Waals surface area contributed by atoms with Gasteiger partial charge in [0.05, 0.1) is 30.0 Å². The first-order valence-electron chi connectivity index (χ1n) is 12.8. The Hall–Kier alpha value is -2.16. The lowest BCUT2D eigenvalue weighted by atomic mass is 9.73. The van der Waals surface area contributed by atoms with E-state index in [2.05, 4.69) is 12.2 Å². The average molecular weight is 489 g/mol. The Labute approximate surface area is 208 Å². The Kier molecular flexibility index (Phi) is 7.46. The largest absolute Gasteiger partial charge is 0.445 e. The van der Waals surface area contributed by atoms with Gasteiger partial charge < -0.3 is 29.5 Å². The molecule has 8 heteroatoms. The molecule has 3 heterocycles. The van der Waals surface area contributed by atoms with E-state index in [0.717, 1.165) is 31.2 Å². The van der Waals surface area contributed by atoms with Gasteiger partial charge in [-0.15, -0.1) is 0 Å². The lowest BCUT2D eigenvalue weighted by Gasteiger charge is -2.48. The quantitative estimate of drug-likeness (QED) is 0.659. The predicted octanol–water partition coefficient (Wildman–Crippen LogP) is 3.41. The highest BCUT2D eigenvalue weighted by atomic mass is 16.6. The van der Waals surface area contributed by atoms with Crippen LogP contribution < -0.4 is 5.32 Å². The van der Waals surface area contributed by atoms with Crippen LogP contribution in [-0.2, 0) is 25.6 Å². The van der Waals surface area contributed by atoms with Crippen LogP contribution in [0, 0.1) is 5.41 Å². The van der Waals surface area contributed by atoms with Crippen molar-refractivity contribution in [3.05, 3.63) is 35.9 Å². The fraction of sp³-hybridized carbons (Fsp3) is 0.704. The molecule has 3 aliphatic rings. The number of aliphatic hydroxyl groups is 1. The van der Waals surface area contributed by atoms with Crippen molar-refractivity contribution in [3.63, 3.8) is 0 Å². The van der Waals surface area contributed by atoms with E-state index in [-0.39, 0.29) is 24.0 Å². The molecular weight excluding hydrogens is 448 g/mol. The minimum atomic E-state index is -0.650. The van der Waals surface area contributed by atoms with Crippen molar-refractivity contribution in [1.82, 2.24) is 10.2 Å². The first kappa shape index (κ1) is 25.9. The Morgan fingerprint density at radius 1 is 1.17 bits per heavy atom. The van der Waals surface area contributed by atoms with E-state index in [1.807, 2.05) is 49.1 Å². The number of rotatable bonds is 5. The van der Waals surface area contributed by atoms with Crippen molar-refractivity contribution in [1.29, 1.82) is 0 Å². The maximum Gasteiger partial charge on any atom is 0.408 e.